The first-order valence-corrected chi connectivity index (χ1v) is 8.94. The van der Waals surface area contributed by atoms with E-state index in [0.717, 1.165) is 35.1 Å². The minimum Gasteiger partial charge on any atom is -0.394 e. The first kappa shape index (κ1) is 17.2. The predicted octanol–water partition coefficient (Wildman–Crippen LogP) is 3.96. The summed E-state index contributed by atoms with van der Waals surface area (Å²) < 4.78 is 0. The summed E-state index contributed by atoms with van der Waals surface area (Å²) >= 11 is 0. The molecule has 2 aromatic carbocycles. The fourth-order valence-corrected chi connectivity index (χ4v) is 3.68. The number of aliphatic hydroxyl groups excluding tert-OH is 2. The Bertz CT molecular complexity index is 664. The van der Waals surface area contributed by atoms with Crippen LogP contribution in [0.2, 0.25) is 0 Å². The lowest BCUT2D eigenvalue weighted by Crippen LogP contribution is -2.16. The molecule has 0 spiro atoms. The van der Waals surface area contributed by atoms with Gasteiger partial charge in [0, 0.05) is 0 Å². The molecule has 3 heteroatoms. The summed E-state index contributed by atoms with van der Waals surface area (Å²) in [6.07, 6.45) is 5.60. The molecule has 0 aromatic heterocycles. The van der Waals surface area contributed by atoms with Gasteiger partial charge < -0.3 is 15.9 Å². The highest BCUT2D eigenvalue weighted by Crippen LogP contribution is 2.35. The highest BCUT2D eigenvalue weighted by Gasteiger charge is 2.23. The van der Waals surface area contributed by atoms with Crippen molar-refractivity contribution in [3.05, 3.63) is 59.7 Å². The Balaban J connectivity index is 1.85. The zero-order chi connectivity index (χ0) is 16.9. The Hall–Kier alpha value is -1.68. The Morgan fingerprint density at radius 3 is 2.12 bits per heavy atom. The fourth-order valence-electron chi connectivity index (χ4n) is 3.68. The summed E-state index contributed by atoms with van der Waals surface area (Å²) in [6.45, 7) is -0.0656. The number of hydrogen-bond donors (Lipinski definition) is 3. The molecule has 0 aliphatic heterocycles. The van der Waals surface area contributed by atoms with Crippen molar-refractivity contribution in [2.75, 3.05) is 6.61 Å². The van der Waals surface area contributed by atoms with Crippen molar-refractivity contribution in [3.8, 4) is 11.1 Å². The molecule has 24 heavy (non-hydrogen) atoms. The van der Waals surface area contributed by atoms with E-state index in [-0.39, 0.29) is 18.8 Å². The minimum absolute atomic E-state index is 0.0656. The second-order valence-corrected chi connectivity index (χ2v) is 6.88. The summed E-state index contributed by atoms with van der Waals surface area (Å²) in [6, 6.07) is 15.8. The summed E-state index contributed by atoms with van der Waals surface area (Å²) in [5, 5.41) is 20.0. The van der Waals surface area contributed by atoms with Crippen LogP contribution in [0.1, 0.15) is 55.4 Å². The maximum atomic E-state index is 10.7. The largest absolute Gasteiger partial charge is 0.394 e. The summed E-state index contributed by atoms with van der Waals surface area (Å²) in [5.41, 5.74) is 9.99. The van der Waals surface area contributed by atoms with Crippen molar-refractivity contribution in [2.24, 2.45) is 11.7 Å². The van der Waals surface area contributed by atoms with Crippen LogP contribution in [0.3, 0.4) is 0 Å². The first-order chi connectivity index (χ1) is 11.7. The summed E-state index contributed by atoms with van der Waals surface area (Å²) in [4.78, 5) is 0. The molecule has 1 aliphatic carbocycles. The van der Waals surface area contributed by atoms with Crippen LogP contribution >= 0.6 is 0 Å². The summed E-state index contributed by atoms with van der Waals surface area (Å²) in [7, 11) is 0. The molecule has 0 bridgehead atoms. The van der Waals surface area contributed by atoms with Crippen LogP contribution in [-0.2, 0) is 0 Å². The van der Waals surface area contributed by atoms with Gasteiger partial charge in [-0.15, -0.1) is 0 Å². The number of hydrogen-bond acceptors (Lipinski definition) is 3. The van der Waals surface area contributed by atoms with Crippen molar-refractivity contribution < 1.29 is 10.2 Å². The Labute approximate surface area is 144 Å². The van der Waals surface area contributed by atoms with E-state index in [9.17, 15) is 10.2 Å². The molecule has 0 radical (unpaired) electrons. The van der Waals surface area contributed by atoms with Crippen LogP contribution in [0.15, 0.2) is 48.5 Å². The first-order valence-electron chi connectivity index (χ1n) is 8.94. The monoisotopic (exact) mass is 325 g/mol. The lowest BCUT2D eigenvalue weighted by atomic mass is 9.82. The molecule has 1 saturated carbocycles. The molecule has 0 saturated heterocycles. The second-order valence-electron chi connectivity index (χ2n) is 6.88. The van der Waals surface area contributed by atoms with Crippen LogP contribution < -0.4 is 5.73 Å². The SMILES string of the molecule is N[C@H](CO)c1cccc(-c2cccc(C(O)C3CCCCC3)c2)c1. The van der Waals surface area contributed by atoms with Crippen LogP contribution in [0.4, 0.5) is 0 Å². The molecule has 0 amide bonds. The van der Waals surface area contributed by atoms with Gasteiger partial charge in [-0.2, -0.15) is 0 Å². The van der Waals surface area contributed by atoms with Crippen LogP contribution in [0.5, 0.6) is 0 Å². The molecule has 1 aliphatic rings. The van der Waals surface area contributed by atoms with Gasteiger partial charge in [0.05, 0.1) is 18.8 Å². The normalized spacial score (nSPS) is 18.3. The minimum atomic E-state index is -0.381. The van der Waals surface area contributed by atoms with Gasteiger partial charge in [-0.3, -0.25) is 0 Å². The van der Waals surface area contributed by atoms with E-state index < -0.39 is 0 Å². The number of nitrogens with two attached hydrogens (primary N) is 1. The smallest absolute Gasteiger partial charge is 0.0818 e. The van der Waals surface area contributed by atoms with Gasteiger partial charge in [0.15, 0.2) is 0 Å². The predicted molar refractivity (Wildman–Crippen MR) is 97.4 cm³/mol. The van der Waals surface area contributed by atoms with E-state index in [1.807, 2.05) is 36.4 Å². The average Bonchev–Trinajstić information content (AvgIpc) is 2.67. The highest BCUT2D eigenvalue weighted by atomic mass is 16.3. The van der Waals surface area contributed by atoms with Crippen LogP contribution in [0, 0.1) is 5.92 Å². The molecule has 3 rings (SSSR count). The van der Waals surface area contributed by atoms with Gasteiger partial charge in [0.25, 0.3) is 0 Å². The third-order valence-electron chi connectivity index (χ3n) is 5.17. The van der Waals surface area contributed by atoms with Gasteiger partial charge in [-0.05, 0) is 53.1 Å². The molecule has 4 N–H and O–H groups in total. The fraction of sp³-hybridized carbons (Fsp3) is 0.429. The summed E-state index contributed by atoms with van der Waals surface area (Å²) in [5.74, 6) is 0.378. The molecular formula is C21H27NO2. The average molecular weight is 325 g/mol. The molecule has 128 valence electrons. The third-order valence-corrected chi connectivity index (χ3v) is 5.17. The van der Waals surface area contributed by atoms with Crippen molar-refractivity contribution in [3.63, 3.8) is 0 Å². The lowest BCUT2D eigenvalue weighted by Gasteiger charge is -2.27. The van der Waals surface area contributed by atoms with Gasteiger partial charge in [-0.25, -0.2) is 0 Å². The van der Waals surface area contributed by atoms with Crippen molar-refractivity contribution in [1.29, 1.82) is 0 Å². The van der Waals surface area contributed by atoms with Crippen LogP contribution in [-0.4, -0.2) is 16.8 Å². The van der Waals surface area contributed by atoms with E-state index >= 15 is 0 Å². The van der Waals surface area contributed by atoms with E-state index in [1.54, 1.807) is 0 Å². The van der Waals surface area contributed by atoms with E-state index in [2.05, 4.69) is 12.1 Å². The number of benzene rings is 2. The number of rotatable bonds is 5. The standard InChI is InChI=1S/C21H27NO2/c22-20(14-23)18-10-4-8-16(12-18)17-9-5-11-19(13-17)21(24)15-6-2-1-3-7-15/h4-5,8-13,15,20-21,23-24H,1-3,6-7,14,22H2/t20-,21?/m1/s1. The Morgan fingerprint density at radius 2 is 1.50 bits per heavy atom. The number of aliphatic hydroxyl groups is 2. The van der Waals surface area contributed by atoms with E-state index in [4.69, 9.17) is 5.73 Å². The molecule has 3 nitrogen and oxygen atoms in total. The molecular weight excluding hydrogens is 298 g/mol. The maximum Gasteiger partial charge on any atom is 0.0818 e. The van der Waals surface area contributed by atoms with Gasteiger partial charge in [0.1, 0.15) is 0 Å². The maximum absolute atomic E-state index is 10.7. The van der Waals surface area contributed by atoms with Crippen molar-refractivity contribution >= 4 is 0 Å². The topological polar surface area (TPSA) is 66.5 Å². The molecule has 1 unspecified atom stereocenters. The van der Waals surface area contributed by atoms with Crippen LogP contribution in [0.25, 0.3) is 11.1 Å². The van der Waals surface area contributed by atoms with Gasteiger partial charge in [-0.1, -0.05) is 55.7 Å². The second kappa shape index (κ2) is 7.93. The Morgan fingerprint density at radius 1 is 0.917 bits per heavy atom. The molecule has 2 atom stereocenters. The quantitative estimate of drug-likeness (QED) is 0.779. The van der Waals surface area contributed by atoms with Gasteiger partial charge >= 0.3 is 0 Å². The zero-order valence-corrected chi connectivity index (χ0v) is 14.1. The zero-order valence-electron chi connectivity index (χ0n) is 14.1. The van der Waals surface area contributed by atoms with E-state index in [1.165, 1.54) is 19.3 Å². The van der Waals surface area contributed by atoms with Crippen molar-refractivity contribution in [1.82, 2.24) is 0 Å². The van der Waals surface area contributed by atoms with E-state index in [0.29, 0.717) is 5.92 Å². The molecule has 0 heterocycles. The van der Waals surface area contributed by atoms with Gasteiger partial charge in [0.2, 0.25) is 0 Å². The molecule has 1 fully saturated rings. The third kappa shape index (κ3) is 3.86. The lowest BCUT2D eigenvalue weighted by molar-refractivity contribution is 0.0849. The molecule has 2 aromatic rings. The highest BCUT2D eigenvalue weighted by molar-refractivity contribution is 5.65. The Kier molecular flexibility index (Phi) is 5.67. The van der Waals surface area contributed by atoms with Crippen molar-refractivity contribution in [2.45, 2.75) is 44.2 Å².